The number of hydrogen-bond acceptors (Lipinski definition) is 4. The van der Waals surface area contributed by atoms with Gasteiger partial charge in [0.2, 0.25) is 5.82 Å². The fourth-order valence-corrected chi connectivity index (χ4v) is 3.49. The predicted octanol–water partition coefficient (Wildman–Crippen LogP) is 3.37. The molecule has 1 amide bonds. The molecule has 5 nitrogen and oxygen atoms in total. The van der Waals surface area contributed by atoms with Gasteiger partial charge in [0, 0.05) is 13.1 Å². The van der Waals surface area contributed by atoms with E-state index in [1.807, 2.05) is 17.5 Å². The topological polar surface area (TPSA) is 51.0 Å². The number of hydrogen-bond donors (Lipinski definition) is 0. The molecule has 0 saturated carbocycles. The van der Waals surface area contributed by atoms with Crippen LogP contribution in [0.3, 0.4) is 0 Å². The van der Waals surface area contributed by atoms with Gasteiger partial charge in [0.25, 0.3) is 5.91 Å². The zero-order chi connectivity index (χ0) is 16.5. The van der Waals surface area contributed by atoms with Gasteiger partial charge in [-0.2, -0.15) is 0 Å². The van der Waals surface area contributed by atoms with Crippen LogP contribution in [0.15, 0.2) is 41.8 Å². The number of amides is 1. The lowest BCUT2D eigenvalue weighted by Gasteiger charge is -2.11. The quantitative estimate of drug-likeness (QED) is 0.733. The van der Waals surface area contributed by atoms with E-state index >= 15 is 0 Å². The first kappa shape index (κ1) is 15.0. The van der Waals surface area contributed by atoms with Crippen LogP contribution < -0.4 is 0 Å². The third-order valence-corrected chi connectivity index (χ3v) is 4.87. The standard InChI is InChI=1S/C17H15FN4OS/c18-12-5-7-13(8-6-12)22-16(14-4-3-11-24-14)19-15(20-22)17(23)21-9-1-2-10-21/h3-8,11H,1-2,9-10H2. The molecule has 122 valence electrons. The van der Waals surface area contributed by atoms with Gasteiger partial charge in [-0.25, -0.2) is 14.1 Å². The maximum absolute atomic E-state index is 13.2. The molecule has 3 aromatic rings. The van der Waals surface area contributed by atoms with E-state index in [2.05, 4.69) is 10.1 Å². The summed E-state index contributed by atoms with van der Waals surface area (Å²) in [6, 6.07) is 9.86. The predicted molar refractivity (Wildman–Crippen MR) is 89.8 cm³/mol. The molecule has 1 fully saturated rings. The SMILES string of the molecule is O=C(c1nc(-c2cccs2)n(-c2ccc(F)cc2)n1)N1CCCC1. The Morgan fingerprint density at radius 2 is 1.88 bits per heavy atom. The summed E-state index contributed by atoms with van der Waals surface area (Å²) in [6.07, 6.45) is 2.03. The molecule has 1 aromatic carbocycles. The van der Waals surface area contributed by atoms with E-state index in [1.165, 1.54) is 23.5 Å². The molecule has 0 atom stereocenters. The molecular formula is C17H15FN4OS. The molecule has 1 saturated heterocycles. The van der Waals surface area contributed by atoms with Gasteiger partial charge in [-0.05, 0) is 48.6 Å². The van der Waals surface area contributed by atoms with E-state index in [-0.39, 0.29) is 17.5 Å². The molecule has 0 N–H and O–H groups in total. The van der Waals surface area contributed by atoms with Gasteiger partial charge in [-0.1, -0.05) is 6.07 Å². The number of rotatable bonds is 3. The highest BCUT2D eigenvalue weighted by molar-refractivity contribution is 7.13. The number of likely N-dealkylation sites (tertiary alicyclic amines) is 1. The first-order valence-electron chi connectivity index (χ1n) is 7.78. The lowest BCUT2D eigenvalue weighted by atomic mass is 10.3. The molecule has 0 aliphatic carbocycles. The van der Waals surface area contributed by atoms with E-state index in [0.717, 1.165) is 30.8 Å². The number of carbonyl (C=O) groups is 1. The maximum Gasteiger partial charge on any atom is 0.293 e. The minimum absolute atomic E-state index is 0.147. The fraction of sp³-hybridized carbons (Fsp3) is 0.235. The highest BCUT2D eigenvalue weighted by Crippen LogP contribution is 2.26. The third kappa shape index (κ3) is 2.71. The summed E-state index contributed by atoms with van der Waals surface area (Å²) in [5.41, 5.74) is 0.674. The third-order valence-electron chi connectivity index (χ3n) is 4.00. The van der Waals surface area contributed by atoms with Crippen molar-refractivity contribution in [2.24, 2.45) is 0 Å². The van der Waals surface area contributed by atoms with Crippen molar-refractivity contribution in [3.63, 3.8) is 0 Å². The van der Waals surface area contributed by atoms with E-state index in [4.69, 9.17) is 0 Å². The molecule has 4 rings (SSSR count). The summed E-state index contributed by atoms with van der Waals surface area (Å²) in [4.78, 5) is 19.8. The summed E-state index contributed by atoms with van der Waals surface area (Å²) in [7, 11) is 0. The van der Waals surface area contributed by atoms with Gasteiger partial charge in [-0.15, -0.1) is 16.4 Å². The van der Waals surface area contributed by atoms with Crippen molar-refractivity contribution in [3.8, 4) is 16.4 Å². The average molecular weight is 342 g/mol. The molecule has 2 aromatic heterocycles. The lowest BCUT2D eigenvalue weighted by Crippen LogP contribution is -2.28. The van der Waals surface area contributed by atoms with E-state index < -0.39 is 0 Å². The van der Waals surface area contributed by atoms with Crippen LogP contribution in [0, 0.1) is 5.82 Å². The van der Waals surface area contributed by atoms with E-state index in [1.54, 1.807) is 21.7 Å². The van der Waals surface area contributed by atoms with Gasteiger partial charge in [0.1, 0.15) is 5.82 Å². The van der Waals surface area contributed by atoms with Gasteiger partial charge in [0.05, 0.1) is 10.6 Å². The molecule has 24 heavy (non-hydrogen) atoms. The van der Waals surface area contributed by atoms with Gasteiger partial charge in [0.15, 0.2) is 5.82 Å². The summed E-state index contributed by atoms with van der Waals surface area (Å²) < 4.78 is 14.8. The fourth-order valence-electron chi connectivity index (χ4n) is 2.79. The largest absolute Gasteiger partial charge is 0.336 e. The molecule has 7 heteroatoms. The highest BCUT2D eigenvalue weighted by atomic mass is 32.1. The second-order valence-corrected chi connectivity index (χ2v) is 6.57. The second-order valence-electron chi connectivity index (χ2n) is 5.62. The van der Waals surface area contributed by atoms with Crippen LogP contribution in [0.4, 0.5) is 4.39 Å². The first-order valence-corrected chi connectivity index (χ1v) is 8.66. The van der Waals surface area contributed by atoms with Crippen molar-refractivity contribution in [1.29, 1.82) is 0 Å². The highest BCUT2D eigenvalue weighted by Gasteiger charge is 2.25. The Morgan fingerprint density at radius 3 is 2.54 bits per heavy atom. The van der Waals surface area contributed by atoms with Crippen molar-refractivity contribution in [3.05, 3.63) is 53.4 Å². The molecule has 1 aliphatic heterocycles. The minimum Gasteiger partial charge on any atom is -0.336 e. The Hall–Kier alpha value is -2.54. The van der Waals surface area contributed by atoms with Crippen molar-refractivity contribution < 1.29 is 9.18 Å². The molecule has 0 radical (unpaired) electrons. The Balaban J connectivity index is 1.79. The molecule has 0 bridgehead atoms. The maximum atomic E-state index is 13.2. The number of aromatic nitrogens is 3. The summed E-state index contributed by atoms with van der Waals surface area (Å²) >= 11 is 1.52. The van der Waals surface area contributed by atoms with Crippen LogP contribution in [0.25, 0.3) is 16.4 Å². The monoisotopic (exact) mass is 342 g/mol. The van der Waals surface area contributed by atoms with Crippen LogP contribution in [0.5, 0.6) is 0 Å². The average Bonchev–Trinajstić information content (AvgIpc) is 3.34. The van der Waals surface area contributed by atoms with Crippen molar-refractivity contribution in [2.75, 3.05) is 13.1 Å². The number of thiophene rings is 1. The van der Waals surface area contributed by atoms with Crippen LogP contribution in [-0.2, 0) is 0 Å². The van der Waals surface area contributed by atoms with Gasteiger partial charge in [-0.3, -0.25) is 4.79 Å². The van der Waals surface area contributed by atoms with Crippen LogP contribution in [0.1, 0.15) is 23.5 Å². The normalized spacial score (nSPS) is 14.3. The summed E-state index contributed by atoms with van der Waals surface area (Å²) in [5, 5.41) is 6.35. The summed E-state index contributed by atoms with van der Waals surface area (Å²) in [5.74, 6) is 0.319. The molecule has 1 aliphatic rings. The number of benzene rings is 1. The van der Waals surface area contributed by atoms with E-state index in [0.29, 0.717) is 11.5 Å². The second kappa shape index (κ2) is 6.16. The van der Waals surface area contributed by atoms with Crippen LogP contribution in [-0.4, -0.2) is 38.7 Å². The first-order chi connectivity index (χ1) is 11.7. The van der Waals surface area contributed by atoms with Gasteiger partial charge >= 0.3 is 0 Å². The molecule has 0 spiro atoms. The zero-order valence-corrected chi connectivity index (χ0v) is 13.7. The van der Waals surface area contributed by atoms with Crippen molar-refractivity contribution >= 4 is 17.2 Å². The molecule has 0 unspecified atom stereocenters. The number of carbonyl (C=O) groups excluding carboxylic acids is 1. The number of nitrogens with zero attached hydrogens (tertiary/aromatic N) is 4. The Bertz CT molecular complexity index is 851. The minimum atomic E-state index is -0.315. The Morgan fingerprint density at radius 1 is 1.12 bits per heavy atom. The number of halogens is 1. The van der Waals surface area contributed by atoms with E-state index in [9.17, 15) is 9.18 Å². The van der Waals surface area contributed by atoms with Crippen LogP contribution >= 0.6 is 11.3 Å². The lowest BCUT2D eigenvalue weighted by molar-refractivity contribution is 0.0781. The van der Waals surface area contributed by atoms with Crippen molar-refractivity contribution in [1.82, 2.24) is 19.7 Å². The molecular weight excluding hydrogens is 327 g/mol. The zero-order valence-electron chi connectivity index (χ0n) is 12.9. The molecule has 3 heterocycles. The van der Waals surface area contributed by atoms with Crippen LogP contribution in [0.2, 0.25) is 0 Å². The Kier molecular flexibility index (Phi) is 3.86. The Labute approximate surface area is 142 Å². The van der Waals surface area contributed by atoms with Gasteiger partial charge < -0.3 is 4.90 Å². The summed E-state index contributed by atoms with van der Waals surface area (Å²) in [6.45, 7) is 1.50. The smallest absolute Gasteiger partial charge is 0.293 e. The van der Waals surface area contributed by atoms with Crippen molar-refractivity contribution in [2.45, 2.75) is 12.8 Å².